The van der Waals surface area contributed by atoms with E-state index in [9.17, 15) is 25.4 Å². The lowest BCUT2D eigenvalue weighted by molar-refractivity contribution is -0.292. The van der Waals surface area contributed by atoms with Gasteiger partial charge in [-0.05, 0) is 53.5 Å². The van der Waals surface area contributed by atoms with Gasteiger partial charge in [-0.3, -0.25) is 4.79 Å². The summed E-state index contributed by atoms with van der Waals surface area (Å²) < 4.78 is 17.5. The molecule has 1 aromatic heterocycles. The molecule has 1 saturated heterocycles. The van der Waals surface area contributed by atoms with Gasteiger partial charge in [0.15, 0.2) is 6.29 Å². The maximum atomic E-state index is 12.7. The molecule has 13 heteroatoms. The minimum Gasteiger partial charge on any atom is -0.388 e. The van der Waals surface area contributed by atoms with E-state index >= 15 is 0 Å². The molecule has 0 aliphatic carbocycles. The molecule has 4 N–H and O–H groups in total. The number of hydrogen-bond acceptors (Lipinski definition) is 11. The molecule has 0 spiro atoms. The van der Waals surface area contributed by atoms with Gasteiger partial charge in [-0.25, -0.2) is 4.68 Å². The summed E-state index contributed by atoms with van der Waals surface area (Å²) in [6, 6.07) is 14.2. The van der Waals surface area contributed by atoms with E-state index in [2.05, 4.69) is 52.6 Å². The average molecular weight is 623 g/mol. The Bertz CT molecular complexity index is 1480. The summed E-state index contributed by atoms with van der Waals surface area (Å²) in [6.45, 7) is 6.89. The lowest BCUT2D eigenvalue weighted by atomic mass is 9.99. The van der Waals surface area contributed by atoms with E-state index in [0.29, 0.717) is 5.69 Å². The number of anilines is 1. The Morgan fingerprint density at radius 2 is 1.84 bits per heavy atom. The highest BCUT2D eigenvalue weighted by molar-refractivity contribution is 6.02. The van der Waals surface area contributed by atoms with Gasteiger partial charge in [0, 0.05) is 32.4 Å². The maximum Gasteiger partial charge on any atom is 0.262 e. The van der Waals surface area contributed by atoms with Gasteiger partial charge in [0.2, 0.25) is 0 Å². The number of hydrogen-bond donors (Lipinski definition) is 4. The first-order chi connectivity index (χ1) is 21.8. The summed E-state index contributed by atoms with van der Waals surface area (Å²) in [5.41, 5.74) is 2.44. The van der Waals surface area contributed by atoms with E-state index in [-0.39, 0.29) is 31.9 Å². The fraction of sp³-hybridized carbons (Fsp3) is 0.500. The van der Waals surface area contributed by atoms with Gasteiger partial charge in [-0.15, -0.1) is 5.10 Å². The third-order valence-electron chi connectivity index (χ3n) is 7.51. The number of aromatic nitrogens is 3. The summed E-state index contributed by atoms with van der Waals surface area (Å²) >= 11 is 0. The SMILES string of the molecule is CCCN(CCC)c1ccc2cc(/C=C(\C#N)C(=O)NCCOCc3cn(C[C@H]4O[C@H](OC)[C@H](O)[C@@H](O)[C@@H]4O)nn3)ccc2c1. The Kier molecular flexibility index (Phi) is 12.4. The second-order valence-corrected chi connectivity index (χ2v) is 10.9. The van der Waals surface area contributed by atoms with Crippen molar-refractivity contribution >= 4 is 28.4 Å². The molecule has 0 radical (unpaired) electrons. The van der Waals surface area contributed by atoms with Crippen molar-refractivity contribution in [2.45, 2.75) is 70.5 Å². The Morgan fingerprint density at radius 3 is 2.56 bits per heavy atom. The molecule has 1 amide bonds. The average Bonchev–Trinajstić information content (AvgIpc) is 3.50. The predicted octanol–water partition coefficient (Wildman–Crippen LogP) is 1.75. The van der Waals surface area contributed by atoms with Crippen molar-refractivity contribution in [3.05, 3.63) is 59.4 Å². The van der Waals surface area contributed by atoms with Gasteiger partial charge < -0.3 is 39.7 Å². The molecule has 1 aliphatic rings. The van der Waals surface area contributed by atoms with Crippen molar-refractivity contribution in [2.24, 2.45) is 0 Å². The Balaban J connectivity index is 1.25. The number of carbonyl (C=O) groups is 1. The zero-order valence-corrected chi connectivity index (χ0v) is 25.9. The molecule has 5 atom stereocenters. The van der Waals surface area contributed by atoms with Crippen LogP contribution in [0.25, 0.3) is 16.8 Å². The van der Waals surface area contributed by atoms with Gasteiger partial charge in [-0.1, -0.05) is 37.3 Å². The van der Waals surface area contributed by atoms with Crippen molar-refractivity contribution < 1.29 is 34.3 Å². The second kappa shape index (κ2) is 16.4. The molecule has 13 nitrogen and oxygen atoms in total. The normalized spacial score (nSPS) is 21.9. The van der Waals surface area contributed by atoms with Crippen LogP contribution in [-0.2, 0) is 32.2 Å². The third kappa shape index (κ3) is 8.85. The van der Waals surface area contributed by atoms with Crippen LogP contribution in [0.4, 0.5) is 5.69 Å². The summed E-state index contributed by atoms with van der Waals surface area (Å²) in [4.78, 5) is 15.0. The van der Waals surface area contributed by atoms with Crippen LogP contribution in [0.3, 0.4) is 0 Å². The molecule has 0 saturated carbocycles. The van der Waals surface area contributed by atoms with Crippen LogP contribution in [0, 0.1) is 11.3 Å². The van der Waals surface area contributed by atoms with Crippen molar-refractivity contribution in [3.8, 4) is 6.07 Å². The lowest BCUT2D eigenvalue weighted by Gasteiger charge is -2.39. The smallest absolute Gasteiger partial charge is 0.262 e. The molecule has 1 aliphatic heterocycles. The highest BCUT2D eigenvalue weighted by Gasteiger charge is 2.44. The molecular formula is C32H42N6O7. The van der Waals surface area contributed by atoms with Crippen LogP contribution in [0.1, 0.15) is 37.9 Å². The lowest BCUT2D eigenvalue weighted by Crippen LogP contribution is -2.58. The van der Waals surface area contributed by atoms with E-state index in [1.54, 1.807) is 12.3 Å². The van der Waals surface area contributed by atoms with Gasteiger partial charge in [0.05, 0.1) is 26.0 Å². The van der Waals surface area contributed by atoms with Crippen molar-refractivity contribution in [1.82, 2.24) is 20.3 Å². The number of fused-ring (bicyclic) bond motifs is 1. The maximum absolute atomic E-state index is 12.7. The topological polar surface area (TPSA) is 175 Å². The summed E-state index contributed by atoms with van der Waals surface area (Å²) in [7, 11) is 1.33. The fourth-order valence-corrected chi connectivity index (χ4v) is 5.21. The summed E-state index contributed by atoms with van der Waals surface area (Å²) in [5.74, 6) is -0.495. The van der Waals surface area contributed by atoms with Crippen molar-refractivity contribution in [2.75, 3.05) is 38.3 Å². The van der Waals surface area contributed by atoms with Crippen LogP contribution in [-0.4, -0.2) is 100 Å². The summed E-state index contributed by atoms with van der Waals surface area (Å²) in [6.07, 6.45) is -0.778. The number of aliphatic hydroxyl groups excluding tert-OH is 3. The largest absolute Gasteiger partial charge is 0.388 e. The number of nitriles is 1. The molecule has 242 valence electrons. The first-order valence-electron chi connectivity index (χ1n) is 15.2. The number of methoxy groups -OCH3 is 1. The zero-order valence-electron chi connectivity index (χ0n) is 25.9. The Hall–Kier alpha value is -3.90. The molecule has 1 fully saturated rings. The summed E-state index contributed by atoms with van der Waals surface area (Å²) in [5, 5.41) is 52.6. The van der Waals surface area contributed by atoms with E-state index < -0.39 is 36.6 Å². The van der Waals surface area contributed by atoms with Crippen molar-refractivity contribution in [1.29, 1.82) is 5.26 Å². The fourth-order valence-electron chi connectivity index (χ4n) is 5.21. The minimum atomic E-state index is -1.43. The number of amides is 1. The number of nitrogens with one attached hydrogen (secondary N) is 1. The van der Waals surface area contributed by atoms with Gasteiger partial charge >= 0.3 is 0 Å². The molecule has 2 aromatic carbocycles. The number of aliphatic hydroxyl groups is 3. The van der Waals surface area contributed by atoms with E-state index in [0.717, 1.165) is 42.3 Å². The van der Waals surface area contributed by atoms with Crippen molar-refractivity contribution in [3.63, 3.8) is 0 Å². The monoisotopic (exact) mass is 622 g/mol. The Morgan fingerprint density at radius 1 is 1.11 bits per heavy atom. The molecular weight excluding hydrogens is 580 g/mol. The van der Waals surface area contributed by atoms with Crippen LogP contribution in [0.5, 0.6) is 0 Å². The highest BCUT2D eigenvalue weighted by atomic mass is 16.7. The van der Waals surface area contributed by atoms with E-state index in [1.165, 1.54) is 17.5 Å². The van der Waals surface area contributed by atoms with Gasteiger partial charge in [0.25, 0.3) is 5.91 Å². The Labute approximate surface area is 262 Å². The molecule has 45 heavy (non-hydrogen) atoms. The number of carbonyl (C=O) groups excluding carboxylic acids is 1. The molecule has 0 unspecified atom stereocenters. The van der Waals surface area contributed by atoms with Crippen LogP contribution in [0.2, 0.25) is 0 Å². The molecule has 0 bridgehead atoms. The van der Waals surface area contributed by atoms with Gasteiger partial charge in [0.1, 0.15) is 41.8 Å². The van der Waals surface area contributed by atoms with Crippen LogP contribution < -0.4 is 10.2 Å². The van der Waals surface area contributed by atoms with Gasteiger partial charge in [-0.2, -0.15) is 5.26 Å². The molecule has 3 aromatic rings. The number of benzene rings is 2. The number of ether oxygens (including phenoxy) is 3. The first-order valence-corrected chi connectivity index (χ1v) is 15.2. The molecule has 4 rings (SSSR count). The standard InChI is InChI=1S/C32H42N6O7/c1-4-11-37(12-5-2)26-9-8-22-14-21(6-7-23(22)16-26)15-24(17-33)31(42)34-10-13-44-20-25-18-38(36-35-25)19-27-28(39)29(40)30(41)32(43-3)45-27/h6-9,14-16,18,27-30,32,39-41H,4-5,10-13,19-20H2,1-3H3,(H,34,42)/b24-15+/t27-,28-,29+,30-,32+/m1/s1. The quantitative estimate of drug-likeness (QED) is 0.110. The minimum absolute atomic E-state index is 0.00792. The first kappa shape index (κ1) is 34.0. The van der Waals surface area contributed by atoms with E-state index in [1.807, 2.05) is 24.3 Å². The van der Waals surface area contributed by atoms with Crippen LogP contribution >= 0.6 is 0 Å². The van der Waals surface area contributed by atoms with E-state index in [4.69, 9.17) is 14.2 Å². The number of rotatable bonds is 15. The predicted molar refractivity (Wildman–Crippen MR) is 167 cm³/mol. The third-order valence-corrected chi connectivity index (χ3v) is 7.51. The highest BCUT2D eigenvalue weighted by Crippen LogP contribution is 2.25. The second-order valence-electron chi connectivity index (χ2n) is 10.9. The number of nitrogens with zero attached hydrogens (tertiary/aromatic N) is 5. The zero-order chi connectivity index (χ0) is 32.3. The molecule has 2 heterocycles. The van der Waals surface area contributed by atoms with Crippen LogP contribution in [0.15, 0.2) is 48.2 Å².